The average Bonchev–Trinajstić information content (AvgIpc) is 2.96. The summed E-state index contributed by atoms with van der Waals surface area (Å²) in [6, 6.07) is 13.9. The van der Waals surface area contributed by atoms with Gasteiger partial charge < -0.3 is 9.73 Å². The molecule has 0 fully saturated rings. The van der Waals surface area contributed by atoms with Crippen LogP contribution in [0.15, 0.2) is 62.3 Å². The molecule has 0 radical (unpaired) electrons. The molecule has 2 aromatic carbocycles. The van der Waals surface area contributed by atoms with Crippen molar-refractivity contribution in [2.24, 2.45) is 0 Å². The molecule has 0 saturated carbocycles. The first-order valence-electron chi connectivity index (χ1n) is 8.13. The van der Waals surface area contributed by atoms with Crippen molar-refractivity contribution in [3.8, 4) is 0 Å². The fraction of sp³-hybridized carbons (Fsp3) is 0.211. The number of hydrogen-bond donors (Lipinski definition) is 1. The number of aryl methyl sites for hydroxylation is 1. The number of carbonyl (C=O) groups excluding carboxylic acids is 1. The molecule has 26 heavy (non-hydrogen) atoms. The lowest BCUT2D eigenvalue weighted by atomic mass is 10.1. The number of rotatable bonds is 6. The average molecular weight is 436 g/mol. The molecule has 136 valence electrons. The summed E-state index contributed by atoms with van der Waals surface area (Å²) in [5.74, 6) is -0.112. The summed E-state index contributed by atoms with van der Waals surface area (Å²) in [5, 5.41) is 3.60. The van der Waals surface area contributed by atoms with Gasteiger partial charge in [0.05, 0.1) is 10.6 Å². The zero-order chi connectivity index (χ0) is 18.7. The van der Waals surface area contributed by atoms with E-state index in [9.17, 15) is 13.2 Å². The molecule has 3 aromatic rings. The largest absolute Gasteiger partial charge is 0.451 e. The van der Waals surface area contributed by atoms with E-state index in [-0.39, 0.29) is 24.0 Å². The number of amides is 1. The van der Waals surface area contributed by atoms with Gasteiger partial charge in [-0.2, -0.15) is 0 Å². The Labute approximate surface area is 160 Å². The molecule has 0 aliphatic carbocycles. The molecule has 0 unspecified atom stereocenters. The maximum absolute atomic E-state index is 12.3. The predicted molar refractivity (Wildman–Crippen MR) is 104 cm³/mol. The van der Waals surface area contributed by atoms with E-state index in [0.717, 1.165) is 15.4 Å². The zero-order valence-corrected chi connectivity index (χ0v) is 16.6. The Morgan fingerprint density at radius 2 is 1.88 bits per heavy atom. The lowest BCUT2D eigenvalue weighted by molar-refractivity contribution is 0.0927. The van der Waals surface area contributed by atoms with Gasteiger partial charge >= 0.3 is 0 Å². The van der Waals surface area contributed by atoms with Crippen LogP contribution in [0, 0.1) is 6.92 Å². The number of furan rings is 1. The van der Waals surface area contributed by atoms with E-state index in [0.29, 0.717) is 16.9 Å². The molecule has 3 rings (SSSR count). The predicted octanol–water partition coefficient (Wildman–Crippen LogP) is 4.10. The third-order valence-corrected chi connectivity index (χ3v) is 6.39. The molecule has 0 bridgehead atoms. The van der Waals surface area contributed by atoms with Gasteiger partial charge in [0.1, 0.15) is 5.58 Å². The van der Waals surface area contributed by atoms with Crippen LogP contribution in [0.1, 0.15) is 22.5 Å². The second-order valence-corrected chi connectivity index (χ2v) is 8.96. The number of halogens is 1. The fourth-order valence-electron chi connectivity index (χ4n) is 2.70. The van der Waals surface area contributed by atoms with Gasteiger partial charge in [0.25, 0.3) is 5.91 Å². The smallest absolute Gasteiger partial charge is 0.287 e. The fourth-order valence-corrected chi connectivity index (χ4v) is 4.39. The summed E-state index contributed by atoms with van der Waals surface area (Å²) in [6.45, 7) is 2.08. The van der Waals surface area contributed by atoms with Gasteiger partial charge in [-0.05, 0) is 43.7 Å². The number of fused-ring (bicyclic) bond motifs is 1. The Morgan fingerprint density at radius 1 is 1.15 bits per heavy atom. The SMILES string of the molecule is Cc1c(C(=O)NCCCS(=O)(=O)c2ccccc2)oc2ccc(Br)cc12. The summed E-state index contributed by atoms with van der Waals surface area (Å²) in [4.78, 5) is 12.6. The van der Waals surface area contributed by atoms with E-state index < -0.39 is 9.84 Å². The monoisotopic (exact) mass is 435 g/mol. The Balaban J connectivity index is 1.61. The quantitative estimate of drug-likeness (QED) is 0.591. The number of nitrogens with one attached hydrogen (secondary N) is 1. The summed E-state index contributed by atoms with van der Waals surface area (Å²) < 4.78 is 31.0. The van der Waals surface area contributed by atoms with Crippen molar-refractivity contribution in [3.63, 3.8) is 0 Å². The molecule has 0 atom stereocenters. The second kappa shape index (κ2) is 7.63. The van der Waals surface area contributed by atoms with Gasteiger partial charge in [-0.15, -0.1) is 0 Å². The molecule has 1 amide bonds. The molecule has 5 nitrogen and oxygen atoms in total. The Morgan fingerprint density at radius 3 is 2.62 bits per heavy atom. The van der Waals surface area contributed by atoms with Crippen LogP contribution in [0.25, 0.3) is 11.0 Å². The Hall–Kier alpha value is -2.12. The maximum Gasteiger partial charge on any atom is 0.287 e. The summed E-state index contributed by atoms with van der Waals surface area (Å²) in [7, 11) is -3.34. The molecule has 1 aromatic heterocycles. The minimum atomic E-state index is -3.34. The van der Waals surface area contributed by atoms with E-state index in [1.54, 1.807) is 36.4 Å². The van der Waals surface area contributed by atoms with Crippen LogP contribution in [-0.2, 0) is 9.84 Å². The number of benzene rings is 2. The van der Waals surface area contributed by atoms with Crippen molar-refractivity contribution in [2.45, 2.75) is 18.2 Å². The molecule has 0 aliphatic rings. The van der Waals surface area contributed by atoms with Gasteiger partial charge in [0.2, 0.25) is 0 Å². The lowest BCUT2D eigenvalue weighted by Gasteiger charge is -2.06. The molecule has 1 heterocycles. The first-order valence-corrected chi connectivity index (χ1v) is 10.6. The van der Waals surface area contributed by atoms with E-state index in [2.05, 4.69) is 21.2 Å². The third kappa shape index (κ3) is 3.99. The van der Waals surface area contributed by atoms with Crippen LogP contribution in [0.2, 0.25) is 0 Å². The van der Waals surface area contributed by atoms with Crippen molar-refractivity contribution in [2.75, 3.05) is 12.3 Å². The Kier molecular flexibility index (Phi) is 5.48. The van der Waals surface area contributed by atoms with Crippen LogP contribution in [0.4, 0.5) is 0 Å². The van der Waals surface area contributed by atoms with Gasteiger partial charge in [-0.25, -0.2) is 8.42 Å². The van der Waals surface area contributed by atoms with E-state index in [1.165, 1.54) is 0 Å². The van der Waals surface area contributed by atoms with E-state index >= 15 is 0 Å². The van der Waals surface area contributed by atoms with Crippen molar-refractivity contribution in [1.29, 1.82) is 0 Å². The third-order valence-electron chi connectivity index (χ3n) is 4.08. The van der Waals surface area contributed by atoms with Crippen molar-refractivity contribution in [3.05, 3.63) is 64.3 Å². The second-order valence-electron chi connectivity index (χ2n) is 5.94. The van der Waals surface area contributed by atoms with Crippen LogP contribution in [0.5, 0.6) is 0 Å². The summed E-state index contributed by atoms with van der Waals surface area (Å²) in [6.07, 6.45) is 0.327. The number of hydrogen-bond acceptors (Lipinski definition) is 4. The number of sulfone groups is 1. The molecule has 7 heteroatoms. The van der Waals surface area contributed by atoms with Crippen LogP contribution in [-0.4, -0.2) is 26.6 Å². The molecular formula is C19H18BrNO4S. The summed E-state index contributed by atoms with van der Waals surface area (Å²) >= 11 is 3.40. The molecular weight excluding hydrogens is 418 g/mol. The van der Waals surface area contributed by atoms with Crippen LogP contribution >= 0.6 is 15.9 Å². The summed E-state index contributed by atoms with van der Waals surface area (Å²) in [5.41, 5.74) is 1.40. The topological polar surface area (TPSA) is 76.4 Å². The van der Waals surface area contributed by atoms with Crippen molar-refractivity contribution >= 4 is 42.6 Å². The van der Waals surface area contributed by atoms with E-state index in [1.807, 2.05) is 19.1 Å². The highest BCUT2D eigenvalue weighted by Gasteiger charge is 2.18. The van der Waals surface area contributed by atoms with Crippen molar-refractivity contribution in [1.82, 2.24) is 5.32 Å². The minimum Gasteiger partial charge on any atom is -0.451 e. The van der Waals surface area contributed by atoms with Crippen LogP contribution in [0.3, 0.4) is 0 Å². The molecule has 0 saturated heterocycles. The van der Waals surface area contributed by atoms with E-state index in [4.69, 9.17) is 4.42 Å². The van der Waals surface area contributed by atoms with Crippen LogP contribution < -0.4 is 5.32 Å². The zero-order valence-electron chi connectivity index (χ0n) is 14.2. The highest BCUT2D eigenvalue weighted by molar-refractivity contribution is 9.10. The standard InChI is InChI=1S/C19H18BrNO4S/c1-13-16-12-14(20)8-9-17(16)25-18(13)19(22)21-10-5-11-26(23,24)15-6-3-2-4-7-15/h2-4,6-9,12H,5,10-11H2,1H3,(H,21,22). The highest BCUT2D eigenvalue weighted by atomic mass is 79.9. The normalized spacial score (nSPS) is 11.6. The first kappa shape index (κ1) is 18.7. The first-order chi connectivity index (χ1) is 12.4. The minimum absolute atomic E-state index is 0.0245. The Bertz CT molecular complexity index is 1040. The lowest BCUT2D eigenvalue weighted by Crippen LogP contribution is -2.26. The maximum atomic E-state index is 12.3. The highest BCUT2D eigenvalue weighted by Crippen LogP contribution is 2.28. The van der Waals surface area contributed by atoms with Gasteiger partial charge in [0.15, 0.2) is 15.6 Å². The molecule has 1 N–H and O–H groups in total. The van der Waals surface area contributed by atoms with Gasteiger partial charge in [-0.1, -0.05) is 34.1 Å². The number of carbonyl (C=O) groups is 1. The van der Waals surface area contributed by atoms with Gasteiger partial charge in [-0.3, -0.25) is 4.79 Å². The molecule has 0 aliphatic heterocycles. The van der Waals surface area contributed by atoms with Gasteiger partial charge in [0, 0.05) is 22.0 Å². The van der Waals surface area contributed by atoms with Crippen molar-refractivity contribution < 1.29 is 17.6 Å². The molecule has 0 spiro atoms.